The van der Waals surface area contributed by atoms with E-state index in [4.69, 9.17) is 32.8 Å². The van der Waals surface area contributed by atoms with Crippen LogP contribution in [-0.4, -0.2) is 178 Å². The van der Waals surface area contributed by atoms with E-state index in [2.05, 4.69) is 0 Å². The molecule has 0 radical (unpaired) electrons. The number of aromatic hydroxyl groups is 1. The summed E-state index contributed by atoms with van der Waals surface area (Å²) in [5, 5.41) is 132. The summed E-state index contributed by atoms with van der Waals surface area (Å²) in [6.45, 7) is -2.28. The van der Waals surface area contributed by atoms with Crippen molar-refractivity contribution >= 4 is 11.0 Å². The highest BCUT2D eigenvalue weighted by molar-refractivity contribution is 5.88. The maximum atomic E-state index is 14.0. The summed E-state index contributed by atoms with van der Waals surface area (Å²) in [5.41, 5.74) is -1.38. The Kier molecular flexibility index (Phi) is 11.9. The lowest BCUT2D eigenvalue weighted by atomic mass is 9.99. The van der Waals surface area contributed by atoms with Gasteiger partial charge in [0, 0.05) is 17.7 Å². The van der Waals surface area contributed by atoms with Gasteiger partial charge in [-0.05, 0) is 24.3 Å². The number of aliphatic hydroxyl groups excluding tert-OH is 12. The lowest BCUT2D eigenvalue weighted by Crippen LogP contribution is -2.60. The molecule has 3 aliphatic heterocycles. The monoisotopic (exact) mass is 772 g/mol. The minimum Gasteiger partial charge on any atom is -0.507 e. The Hall–Kier alpha value is -3.75. The molecule has 298 valence electrons. The van der Waals surface area contributed by atoms with E-state index in [1.807, 2.05) is 0 Å². The van der Waals surface area contributed by atoms with Gasteiger partial charge in [0.1, 0.15) is 101 Å². The molecule has 2 aromatic carbocycles. The highest BCUT2D eigenvalue weighted by Gasteiger charge is 2.47. The largest absolute Gasteiger partial charge is 0.507 e. The van der Waals surface area contributed by atoms with Crippen LogP contribution in [0.15, 0.2) is 45.6 Å². The molecule has 0 amide bonds. The Morgan fingerprint density at radius 1 is 0.537 bits per heavy atom. The Balaban J connectivity index is 1.38. The van der Waals surface area contributed by atoms with Gasteiger partial charge in [-0.25, -0.2) is 0 Å². The maximum absolute atomic E-state index is 14.0. The first kappa shape index (κ1) is 39.9. The topological polar surface area (TPSA) is 349 Å². The molecule has 1 aromatic heterocycles. The average molecular weight is 773 g/mol. The van der Waals surface area contributed by atoms with Crippen molar-refractivity contribution in [3.05, 3.63) is 46.6 Å². The molecule has 3 aliphatic rings. The van der Waals surface area contributed by atoms with Crippen LogP contribution in [-0.2, 0) is 14.2 Å². The van der Waals surface area contributed by atoms with Crippen LogP contribution < -0.4 is 19.6 Å². The quantitative estimate of drug-likeness (QED) is 0.0915. The zero-order chi connectivity index (χ0) is 39.2. The van der Waals surface area contributed by atoms with Crippen LogP contribution in [0.1, 0.15) is 0 Å². The van der Waals surface area contributed by atoms with Crippen LogP contribution in [0.5, 0.6) is 23.0 Å². The SMILES string of the molecule is O=c1c(O[C@H]2O[C@@H](CO)[C@H](O)[C@@H](O)[C@@H]2O)c(-c2ccc(O[C@H]3O[C@@H](CO)[C@H](O)[C@@H](O)[C@@H]3O)cc2)oc2cc(O[C@H]3O[C@@H](CO)[C@H](O)[C@@H](O)[C@@H]3O)cc(O)c12. The third-order valence-corrected chi connectivity index (χ3v) is 9.31. The Morgan fingerprint density at radius 3 is 1.41 bits per heavy atom. The smallest absolute Gasteiger partial charge is 0.239 e. The molecule has 0 aliphatic carbocycles. The fraction of sp³-hybridized carbons (Fsp3) is 0.545. The minimum absolute atomic E-state index is 0.00970. The van der Waals surface area contributed by atoms with Crippen molar-refractivity contribution in [3.63, 3.8) is 0 Å². The number of hydrogen-bond acceptors (Lipinski definition) is 21. The van der Waals surface area contributed by atoms with Gasteiger partial charge in [-0.2, -0.15) is 0 Å². The molecule has 4 heterocycles. The van der Waals surface area contributed by atoms with Gasteiger partial charge in [-0.1, -0.05) is 0 Å². The van der Waals surface area contributed by atoms with Gasteiger partial charge in [0.25, 0.3) is 0 Å². The number of rotatable bonds is 10. The second-order valence-corrected chi connectivity index (χ2v) is 12.9. The molecular formula is C33H40O21. The number of ether oxygens (including phenoxy) is 6. The van der Waals surface area contributed by atoms with E-state index >= 15 is 0 Å². The van der Waals surface area contributed by atoms with Crippen LogP contribution in [0.2, 0.25) is 0 Å². The van der Waals surface area contributed by atoms with Crippen LogP contribution in [0.3, 0.4) is 0 Å². The van der Waals surface area contributed by atoms with E-state index in [-0.39, 0.29) is 22.6 Å². The number of fused-ring (bicyclic) bond motifs is 1. The van der Waals surface area contributed by atoms with Crippen molar-refractivity contribution in [2.24, 2.45) is 0 Å². The second-order valence-electron chi connectivity index (χ2n) is 12.9. The molecule has 21 heteroatoms. The summed E-state index contributed by atoms with van der Waals surface area (Å²) in [6, 6.07) is 7.25. The number of phenols is 1. The van der Waals surface area contributed by atoms with Gasteiger partial charge < -0.3 is 99.2 Å². The molecule has 0 bridgehead atoms. The Bertz CT molecular complexity index is 1800. The second kappa shape index (κ2) is 16.2. The van der Waals surface area contributed by atoms with Crippen molar-refractivity contribution in [2.75, 3.05) is 19.8 Å². The molecule has 15 atom stereocenters. The predicted octanol–water partition coefficient (Wildman–Crippen LogP) is -5.30. The molecular weight excluding hydrogens is 732 g/mol. The number of benzene rings is 2. The molecule has 21 nitrogen and oxygen atoms in total. The average Bonchev–Trinajstić information content (AvgIpc) is 3.16. The molecule has 3 saturated heterocycles. The van der Waals surface area contributed by atoms with E-state index in [9.17, 15) is 71.2 Å². The first-order valence-corrected chi connectivity index (χ1v) is 16.5. The van der Waals surface area contributed by atoms with Crippen molar-refractivity contribution < 1.29 is 99.2 Å². The molecule has 3 aromatic rings. The standard InChI is InChI=1S/C33H40O21/c34-7-15-19(38)23(42)26(45)31(51-15)48-11-3-1-10(2-4-11)29-30(54-33-28(47)25(44)21(40)17(9-36)53-33)22(41)18-13(37)5-12(6-14(18)50-29)49-32-27(46)24(43)20(39)16(8-35)52-32/h1-6,15-17,19-21,23-28,31-40,42-47H,7-9H2/t15-,16-,17-,19-,20-,21-,23+,24+,25+,26-,27-,28-,31-,32-,33+/m0/s1. The molecule has 0 spiro atoms. The van der Waals surface area contributed by atoms with Gasteiger partial charge >= 0.3 is 0 Å². The highest BCUT2D eigenvalue weighted by Crippen LogP contribution is 2.39. The summed E-state index contributed by atoms with van der Waals surface area (Å²) < 4.78 is 39.1. The third kappa shape index (κ3) is 7.45. The first-order valence-electron chi connectivity index (χ1n) is 16.5. The fourth-order valence-corrected chi connectivity index (χ4v) is 6.19. The van der Waals surface area contributed by atoms with Gasteiger partial charge in [-0.15, -0.1) is 0 Å². The van der Waals surface area contributed by atoms with Gasteiger partial charge in [0.05, 0.1) is 19.8 Å². The van der Waals surface area contributed by atoms with Gasteiger partial charge in [-0.3, -0.25) is 4.79 Å². The van der Waals surface area contributed by atoms with E-state index in [0.717, 1.165) is 12.1 Å². The lowest BCUT2D eigenvalue weighted by Gasteiger charge is -2.39. The third-order valence-electron chi connectivity index (χ3n) is 9.31. The van der Waals surface area contributed by atoms with E-state index in [1.54, 1.807) is 0 Å². The van der Waals surface area contributed by atoms with Crippen LogP contribution in [0.4, 0.5) is 0 Å². The predicted molar refractivity (Wildman–Crippen MR) is 173 cm³/mol. The highest BCUT2D eigenvalue weighted by atomic mass is 16.7. The van der Waals surface area contributed by atoms with Gasteiger partial charge in [0.2, 0.25) is 30.0 Å². The summed E-state index contributed by atoms with van der Waals surface area (Å²) in [6.07, 6.45) is -25.2. The molecule has 0 saturated carbocycles. The minimum atomic E-state index is -1.97. The Labute approximate surface area is 303 Å². The summed E-state index contributed by atoms with van der Waals surface area (Å²) in [7, 11) is 0. The first-order chi connectivity index (χ1) is 25.7. The zero-order valence-electron chi connectivity index (χ0n) is 27.8. The summed E-state index contributed by atoms with van der Waals surface area (Å²) >= 11 is 0. The van der Waals surface area contributed by atoms with E-state index < -0.39 is 140 Å². The summed E-state index contributed by atoms with van der Waals surface area (Å²) in [4.78, 5) is 14.0. The van der Waals surface area contributed by atoms with Crippen molar-refractivity contribution in [3.8, 4) is 34.3 Å². The molecule has 54 heavy (non-hydrogen) atoms. The van der Waals surface area contributed by atoms with Crippen molar-refractivity contribution in [2.45, 2.75) is 92.1 Å². The molecule has 3 fully saturated rings. The molecule has 0 unspecified atom stereocenters. The van der Waals surface area contributed by atoms with Crippen LogP contribution >= 0.6 is 0 Å². The number of aliphatic hydroxyl groups is 12. The maximum Gasteiger partial charge on any atom is 0.239 e. The number of hydrogen-bond donors (Lipinski definition) is 13. The van der Waals surface area contributed by atoms with Crippen molar-refractivity contribution in [1.82, 2.24) is 0 Å². The van der Waals surface area contributed by atoms with E-state index in [1.165, 1.54) is 24.3 Å². The van der Waals surface area contributed by atoms with E-state index in [0.29, 0.717) is 0 Å². The molecule has 13 N–H and O–H groups in total. The van der Waals surface area contributed by atoms with Crippen molar-refractivity contribution in [1.29, 1.82) is 0 Å². The lowest BCUT2D eigenvalue weighted by molar-refractivity contribution is -0.277. The zero-order valence-corrected chi connectivity index (χ0v) is 27.8. The fourth-order valence-electron chi connectivity index (χ4n) is 6.19. The summed E-state index contributed by atoms with van der Waals surface area (Å²) in [5.74, 6) is -2.14. The molecule has 6 rings (SSSR count). The van der Waals surface area contributed by atoms with Gasteiger partial charge in [0.15, 0.2) is 5.76 Å². The number of phenolic OH excluding ortho intramolecular Hbond substituents is 1. The Morgan fingerprint density at radius 2 is 0.963 bits per heavy atom. The normalized spacial score (nSPS) is 37.2. The van der Waals surface area contributed by atoms with Crippen LogP contribution in [0, 0.1) is 0 Å². The van der Waals surface area contributed by atoms with Crippen LogP contribution in [0.25, 0.3) is 22.3 Å².